The molecule has 1 rings (SSSR count). The van der Waals surface area contributed by atoms with Crippen LogP contribution >= 0.6 is 0 Å². The first kappa shape index (κ1) is 15.8. The number of nitrogen functional groups attached to an aromatic ring is 1. The smallest absolute Gasteiger partial charge is 0.339 e. The molecule has 1 aromatic carbocycles. The molecule has 20 heavy (non-hydrogen) atoms. The Labute approximate surface area is 118 Å². The van der Waals surface area contributed by atoms with Crippen LogP contribution in [0.25, 0.3) is 0 Å². The van der Waals surface area contributed by atoms with Crippen LogP contribution in [0.3, 0.4) is 0 Å². The zero-order valence-corrected chi connectivity index (χ0v) is 12.1. The van der Waals surface area contributed by atoms with Crippen molar-refractivity contribution in [1.29, 1.82) is 0 Å². The summed E-state index contributed by atoms with van der Waals surface area (Å²) in [5.74, 6) is -0.828. The molecule has 0 aliphatic heterocycles. The van der Waals surface area contributed by atoms with E-state index in [1.54, 1.807) is 45.0 Å². The number of hydrogen-bond donors (Lipinski definition) is 1. The van der Waals surface area contributed by atoms with E-state index in [-0.39, 0.29) is 5.57 Å². The summed E-state index contributed by atoms with van der Waals surface area (Å²) in [5.41, 5.74) is 5.66. The van der Waals surface area contributed by atoms with Gasteiger partial charge in [0.25, 0.3) is 0 Å². The van der Waals surface area contributed by atoms with Crippen molar-refractivity contribution in [3.63, 3.8) is 0 Å². The Morgan fingerprint density at radius 3 is 2.20 bits per heavy atom. The van der Waals surface area contributed by atoms with E-state index in [1.807, 2.05) is 0 Å². The molecule has 0 amide bonds. The van der Waals surface area contributed by atoms with Crippen LogP contribution in [-0.4, -0.2) is 17.5 Å². The molecule has 5 nitrogen and oxygen atoms in total. The average molecular weight is 277 g/mol. The van der Waals surface area contributed by atoms with Crippen LogP contribution in [0, 0.1) is 0 Å². The minimum atomic E-state index is -0.611. The summed E-state index contributed by atoms with van der Waals surface area (Å²) in [5, 5.41) is 0. The van der Waals surface area contributed by atoms with Gasteiger partial charge in [0.15, 0.2) is 0 Å². The maximum Gasteiger partial charge on any atom is 0.339 e. The first-order chi connectivity index (χ1) is 9.17. The molecule has 0 aliphatic rings. The lowest BCUT2D eigenvalue weighted by Gasteiger charge is -2.18. The molecule has 0 atom stereocenters. The molecule has 2 N–H and O–H groups in total. The van der Waals surface area contributed by atoms with Gasteiger partial charge < -0.3 is 15.2 Å². The lowest BCUT2D eigenvalue weighted by Crippen LogP contribution is -2.23. The topological polar surface area (TPSA) is 78.6 Å². The van der Waals surface area contributed by atoms with E-state index in [9.17, 15) is 9.59 Å². The van der Waals surface area contributed by atoms with Gasteiger partial charge in [-0.05, 0) is 52.0 Å². The second-order valence-corrected chi connectivity index (χ2v) is 5.32. The fourth-order valence-corrected chi connectivity index (χ4v) is 1.29. The van der Waals surface area contributed by atoms with Gasteiger partial charge in [0.05, 0.1) is 0 Å². The summed E-state index contributed by atoms with van der Waals surface area (Å²) in [4.78, 5) is 23.3. The van der Waals surface area contributed by atoms with Crippen molar-refractivity contribution >= 4 is 17.6 Å². The number of esters is 2. The Hall–Kier alpha value is -2.30. The fraction of sp³-hybridized carbons (Fsp3) is 0.333. The lowest BCUT2D eigenvalue weighted by molar-refractivity contribution is -0.149. The fourth-order valence-electron chi connectivity index (χ4n) is 1.29. The van der Waals surface area contributed by atoms with Gasteiger partial charge in [-0.1, -0.05) is 0 Å². The van der Waals surface area contributed by atoms with Crippen LogP contribution in [0.4, 0.5) is 5.69 Å². The molecule has 1 aromatic rings. The number of carbonyl (C=O) groups excluding carboxylic acids is 2. The number of nitrogens with two attached hydrogens (primary N) is 1. The Balaban J connectivity index is 2.67. The normalized spacial score (nSPS) is 11.9. The van der Waals surface area contributed by atoms with E-state index >= 15 is 0 Å². The highest BCUT2D eigenvalue weighted by Crippen LogP contribution is 2.15. The second-order valence-electron chi connectivity index (χ2n) is 5.32. The van der Waals surface area contributed by atoms with Crippen LogP contribution in [0.15, 0.2) is 35.9 Å². The highest BCUT2D eigenvalue weighted by molar-refractivity contribution is 5.96. The number of benzene rings is 1. The van der Waals surface area contributed by atoms with Crippen molar-refractivity contribution in [3.8, 4) is 5.75 Å². The number of hydrogen-bond acceptors (Lipinski definition) is 5. The Bertz CT molecular complexity index is 524. The molecule has 0 aliphatic carbocycles. The van der Waals surface area contributed by atoms with Crippen molar-refractivity contribution in [2.24, 2.45) is 0 Å². The van der Waals surface area contributed by atoms with Gasteiger partial charge in [0.2, 0.25) is 0 Å². The van der Waals surface area contributed by atoms with Crippen LogP contribution in [0.1, 0.15) is 27.7 Å². The molecule has 0 fully saturated rings. The molecule has 0 bridgehead atoms. The predicted octanol–water partition coefficient (Wildman–Crippen LogP) is 2.46. The maximum absolute atomic E-state index is 11.8. The van der Waals surface area contributed by atoms with E-state index in [0.717, 1.165) is 6.08 Å². The van der Waals surface area contributed by atoms with Crippen molar-refractivity contribution in [2.45, 2.75) is 33.3 Å². The van der Waals surface area contributed by atoms with E-state index in [1.165, 1.54) is 6.92 Å². The minimum absolute atomic E-state index is 0.163. The standard InChI is InChI=1S/C15H19NO4/c1-10(9-13(17)20-15(2,3)4)14(18)19-12-7-5-11(16)6-8-12/h5-9H,16H2,1-4H3. The molecular weight excluding hydrogens is 258 g/mol. The third-order valence-electron chi connectivity index (χ3n) is 2.15. The van der Waals surface area contributed by atoms with Crippen LogP contribution in [0.5, 0.6) is 5.75 Å². The first-order valence-corrected chi connectivity index (χ1v) is 6.16. The first-order valence-electron chi connectivity index (χ1n) is 6.16. The van der Waals surface area contributed by atoms with Gasteiger partial charge >= 0.3 is 11.9 Å². The minimum Gasteiger partial charge on any atom is -0.457 e. The van der Waals surface area contributed by atoms with Crippen LogP contribution in [-0.2, 0) is 14.3 Å². The number of rotatable bonds is 3. The van der Waals surface area contributed by atoms with E-state index in [0.29, 0.717) is 11.4 Å². The van der Waals surface area contributed by atoms with Crippen molar-refractivity contribution in [1.82, 2.24) is 0 Å². The molecule has 0 saturated heterocycles. The predicted molar refractivity (Wildman–Crippen MR) is 76.1 cm³/mol. The maximum atomic E-state index is 11.8. The molecule has 0 radical (unpaired) electrons. The molecule has 108 valence electrons. The third-order valence-corrected chi connectivity index (χ3v) is 2.15. The van der Waals surface area contributed by atoms with Crippen LogP contribution in [0.2, 0.25) is 0 Å². The summed E-state index contributed by atoms with van der Waals surface area (Å²) < 4.78 is 10.2. The highest BCUT2D eigenvalue weighted by Gasteiger charge is 2.16. The zero-order valence-electron chi connectivity index (χ0n) is 12.1. The van der Waals surface area contributed by atoms with Gasteiger partial charge in [0.1, 0.15) is 11.4 Å². The average Bonchev–Trinajstić information content (AvgIpc) is 2.29. The number of anilines is 1. The molecule has 0 spiro atoms. The molecule has 0 aromatic heterocycles. The summed E-state index contributed by atoms with van der Waals surface area (Å²) >= 11 is 0. The van der Waals surface area contributed by atoms with Gasteiger partial charge in [-0.3, -0.25) is 0 Å². The monoisotopic (exact) mass is 277 g/mol. The lowest BCUT2D eigenvalue weighted by atomic mass is 10.2. The molecule has 0 saturated carbocycles. The zero-order chi connectivity index (χ0) is 15.3. The van der Waals surface area contributed by atoms with Crippen molar-refractivity contribution in [2.75, 3.05) is 5.73 Å². The summed E-state index contributed by atoms with van der Waals surface area (Å²) in [6.07, 6.45) is 1.12. The Kier molecular flexibility index (Phi) is 4.91. The van der Waals surface area contributed by atoms with Crippen LogP contribution < -0.4 is 10.5 Å². The van der Waals surface area contributed by atoms with Gasteiger partial charge in [-0.25, -0.2) is 9.59 Å². The van der Waals surface area contributed by atoms with Gasteiger partial charge in [0, 0.05) is 17.3 Å². The second kappa shape index (κ2) is 6.23. The Morgan fingerprint density at radius 2 is 1.70 bits per heavy atom. The number of ether oxygens (including phenoxy) is 2. The SMILES string of the molecule is CC(=CC(=O)OC(C)(C)C)C(=O)Oc1ccc(N)cc1. The van der Waals surface area contributed by atoms with Gasteiger partial charge in [-0.15, -0.1) is 0 Å². The summed E-state index contributed by atoms with van der Waals surface area (Å²) in [6, 6.07) is 6.40. The Morgan fingerprint density at radius 1 is 1.15 bits per heavy atom. The summed E-state index contributed by atoms with van der Waals surface area (Å²) in [6.45, 7) is 6.74. The molecular formula is C15H19NO4. The molecule has 5 heteroatoms. The molecule has 0 unspecified atom stereocenters. The third kappa shape index (κ3) is 5.56. The van der Waals surface area contributed by atoms with Crippen molar-refractivity contribution in [3.05, 3.63) is 35.9 Å². The summed E-state index contributed by atoms with van der Waals surface area (Å²) in [7, 11) is 0. The largest absolute Gasteiger partial charge is 0.457 e. The molecule has 0 heterocycles. The van der Waals surface area contributed by atoms with E-state index in [2.05, 4.69) is 0 Å². The number of carbonyl (C=O) groups is 2. The quantitative estimate of drug-likeness (QED) is 0.397. The highest BCUT2D eigenvalue weighted by atomic mass is 16.6. The van der Waals surface area contributed by atoms with E-state index < -0.39 is 17.5 Å². The van der Waals surface area contributed by atoms with Crippen molar-refractivity contribution < 1.29 is 19.1 Å². The van der Waals surface area contributed by atoms with E-state index in [4.69, 9.17) is 15.2 Å². The van der Waals surface area contributed by atoms with Gasteiger partial charge in [-0.2, -0.15) is 0 Å².